The molecular weight excluding hydrogens is 514 g/mol. The van der Waals surface area contributed by atoms with Crippen molar-refractivity contribution in [3.8, 4) is 23.0 Å². The van der Waals surface area contributed by atoms with E-state index in [2.05, 4.69) is 6.92 Å². The molecular formula is C30H41N3O7. The van der Waals surface area contributed by atoms with Gasteiger partial charge in [-0.25, -0.2) is 0 Å². The minimum atomic E-state index is -0.933. The molecule has 1 saturated heterocycles. The summed E-state index contributed by atoms with van der Waals surface area (Å²) in [6.07, 6.45) is 3.57. The number of rotatable bonds is 15. The number of aliphatic carboxylic acids is 1. The summed E-state index contributed by atoms with van der Waals surface area (Å²) in [6, 6.07) is 12.3. The van der Waals surface area contributed by atoms with E-state index in [9.17, 15) is 14.7 Å². The van der Waals surface area contributed by atoms with E-state index in [1.807, 2.05) is 40.1 Å². The number of nitrogens with two attached hydrogens (primary N) is 1. The molecule has 40 heavy (non-hydrogen) atoms. The second-order valence-electron chi connectivity index (χ2n) is 10.3. The topological polar surface area (TPSA) is 124 Å². The lowest BCUT2D eigenvalue weighted by Crippen LogP contribution is -2.46. The Morgan fingerprint density at radius 1 is 1.07 bits per heavy atom. The Morgan fingerprint density at radius 3 is 2.55 bits per heavy atom. The number of ether oxygens (including phenoxy) is 4. The third-order valence-corrected chi connectivity index (χ3v) is 7.69. The zero-order chi connectivity index (χ0) is 28.5. The zero-order valence-electron chi connectivity index (χ0n) is 23.4. The van der Waals surface area contributed by atoms with Crippen molar-refractivity contribution in [2.45, 2.75) is 44.6 Å². The minimum absolute atomic E-state index is 0.0109. The predicted octanol–water partition coefficient (Wildman–Crippen LogP) is 3.34. The largest absolute Gasteiger partial charge is 0.493 e. The highest BCUT2D eigenvalue weighted by Crippen LogP contribution is 2.42. The van der Waals surface area contributed by atoms with Crippen molar-refractivity contribution in [3.05, 3.63) is 48.0 Å². The van der Waals surface area contributed by atoms with Crippen LogP contribution in [0.15, 0.2) is 42.5 Å². The quantitative estimate of drug-likeness (QED) is 0.319. The number of hydrogen-bond acceptors (Lipinski definition) is 8. The molecule has 0 aliphatic carbocycles. The van der Waals surface area contributed by atoms with Crippen molar-refractivity contribution < 1.29 is 33.6 Å². The SMILES string of the molecule is CCCCN(CCCCN)C(=O)CN1C[C@H](c2ccc3c(c2)OCO3)[C@@H](C(=O)O)[C@@H]1COc1ccccc1OC. The van der Waals surface area contributed by atoms with Crippen LogP contribution in [0.5, 0.6) is 23.0 Å². The number of carboxylic acid groups (broad SMARTS) is 1. The molecule has 218 valence electrons. The number of methoxy groups -OCH3 is 1. The Labute approximate surface area is 235 Å². The molecule has 0 unspecified atom stereocenters. The van der Waals surface area contributed by atoms with Gasteiger partial charge in [0, 0.05) is 25.6 Å². The second-order valence-corrected chi connectivity index (χ2v) is 10.3. The Balaban J connectivity index is 1.60. The van der Waals surface area contributed by atoms with Crippen LogP contribution in [-0.4, -0.2) is 86.1 Å². The number of benzene rings is 2. The van der Waals surface area contributed by atoms with E-state index in [0.29, 0.717) is 49.2 Å². The first-order chi connectivity index (χ1) is 19.5. The highest BCUT2D eigenvalue weighted by molar-refractivity contribution is 5.79. The molecule has 0 aromatic heterocycles. The number of likely N-dealkylation sites (tertiary alicyclic amines) is 1. The first kappa shape index (κ1) is 29.5. The van der Waals surface area contributed by atoms with Crippen molar-refractivity contribution in [2.24, 2.45) is 11.7 Å². The summed E-state index contributed by atoms with van der Waals surface area (Å²) in [6.45, 7) is 4.73. The van der Waals surface area contributed by atoms with Crippen LogP contribution in [-0.2, 0) is 9.59 Å². The van der Waals surface area contributed by atoms with Crippen LogP contribution in [0, 0.1) is 5.92 Å². The Hall–Kier alpha value is -3.50. The number of hydrogen-bond donors (Lipinski definition) is 2. The molecule has 2 aromatic rings. The number of nitrogens with zero attached hydrogens (tertiary/aromatic N) is 2. The molecule has 4 rings (SSSR count). The smallest absolute Gasteiger partial charge is 0.308 e. The first-order valence-corrected chi connectivity index (χ1v) is 14.1. The maximum atomic E-state index is 13.6. The van der Waals surface area contributed by atoms with Crippen molar-refractivity contribution in [3.63, 3.8) is 0 Å². The van der Waals surface area contributed by atoms with E-state index < -0.39 is 17.9 Å². The van der Waals surface area contributed by atoms with E-state index in [0.717, 1.165) is 31.2 Å². The molecule has 0 saturated carbocycles. The fourth-order valence-corrected chi connectivity index (χ4v) is 5.53. The molecule has 0 spiro atoms. The number of amides is 1. The first-order valence-electron chi connectivity index (χ1n) is 14.1. The lowest BCUT2D eigenvalue weighted by molar-refractivity contribution is -0.144. The highest BCUT2D eigenvalue weighted by Gasteiger charge is 2.48. The molecule has 2 aromatic carbocycles. The van der Waals surface area contributed by atoms with Crippen LogP contribution in [0.1, 0.15) is 44.1 Å². The van der Waals surface area contributed by atoms with Crippen LogP contribution in [0.25, 0.3) is 0 Å². The third kappa shape index (κ3) is 6.98. The van der Waals surface area contributed by atoms with Gasteiger partial charge in [0.15, 0.2) is 23.0 Å². The molecule has 3 atom stereocenters. The van der Waals surface area contributed by atoms with E-state index >= 15 is 0 Å². The predicted molar refractivity (Wildman–Crippen MR) is 150 cm³/mol. The monoisotopic (exact) mass is 555 g/mol. The summed E-state index contributed by atoms with van der Waals surface area (Å²) in [5.41, 5.74) is 6.52. The Kier molecular flexibility index (Phi) is 10.5. The fraction of sp³-hybridized carbons (Fsp3) is 0.533. The third-order valence-electron chi connectivity index (χ3n) is 7.69. The minimum Gasteiger partial charge on any atom is -0.493 e. The van der Waals surface area contributed by atoms with Gasteiger partial charge in [-0.05, 0) is 55.6 Å². The van der Waals surface area contributed by atoms with E-state index in [4.69, 9.17) is 24.7 Å². The zero-order valence-corrected chi connectivity index (χ0v) is 23.4. The summed E-state index contributed by atoms with van der Waals surface area (Å²) in [5, 5.41) is 10.5. The number of carbonyl (C=O) groups excluding carboxylic acids is 1. The standard InChI is InChI=1S/C30H41N3O7/c1-3-4-14-32(15-8-7-13-31)28(34)18-33-17-22(21-11-12-26-27(16-21)40-20-39-26)29(30(35)36)23(33)19-38-25-10-6-5-9-24(25)37-2/h5-6,9-12,16,22-23,29H,3-4,7-8,13-15,17-20,31H2,1-2H3,(H,35,36)/t22-,23+,29-/m1/s1. The van der Waals surface area contributed by atoms with Gasteiger partial charge in [-0.1, -0.05) is 31.5 Å². The van der Waals surface area contributed by atoms with Gasteiger partial charge in [0.25, 0.3) is 0 Å². The maximum absolute atomic E-state index is 13.6. The van der Waals surface area contributed by atoms with Crippen molar-refractivity contribution >= 4 is 11.9 Å². The normalized spacial score (nSPS) is 19.9. The lowest BCUT2D eigenvalue weighted by atomic mass is 9.85. The van der Waals surface area contributed by atoms with Crippen LogP contribution in [0.2, 0.25) is 0 Å². The molecule has 10 nitrogen and oxygen atoms in total. The average molecular weight is 556 g/mol. The van der Waals surface area contributed by atoms with Crippen molar-refractivity contribution in [2.75, 3.05) is 53.2 Å². The van der Waals surface area contributed by atoms with E-state index in [-0.39, 0.29) is 31.8 Å². The molecule has 10 heteroatoms. The van der Waals surface area contributed by atoms with Gasteiger partial charge >= 0.3 is 5.97 Å². The molecule has 0 bridgehead atoms. The molecule has 1 fully saturated rings. The van der Waals surface area contributed by atoms with Gasteiger partial charge < -0.3 is 34.7 Å². The van der Waals surface area contributed by atoms with Crippen molar-refractivity contribution in [1.82, 2.24) is 9.80 Å². The molecule has 0 radical (unpaired) electrons. The second kappa shape index (κ2) is 14.2. The molecule has 2 aliphatic heterocycles. The Bertz CT molecular complexity index is 1140. The summed E-state index contributed by atoms with van der Waals surface area (Å²) >= 11 is 0. The van der Waals surface area contributed by atoms with Gasteiger partial charge in [0.05, 0.1) is 25.6 Å². The van der Waals surface area contributed by atoms with E-state index in [1.54, 1.807) is 19.2 Å². The van der Waals surface area contributed by atoms with Gasteiger partial charge in [-0.3, -0.25) is 14.5 Å². The van der Waals surface area contributed by atoms with Crippen LogP contribution in [0.4, 0.5) is 0 Å². The number of unbranched alkanes of at least 4 members (excludes halogenated alkanes) is 2. The summed E-state index contributed by atoms with van der Waals surface area (Å²) < 4.78 is 22.6. The van der Waals surface area contributed by atoms with Gasteiger partial charge in [0.2, 0.25) is 12.7 Å². The fourth-order valence-electron chi connectivity index (χ4n) is 5.53. The molecule has 1 amide bonds. The van der Waals surface area contributed by atoms with Crippen LogP contribution >= 0.6 is 0 Å². The lowest BCUT2D eigenvalue weighted by Gasteiger charge is -2.29. The average Bonchev–Trinajstić information content (AvgIpc) is 3.58. The summed E-state index contributed by atoms with van der Waals surface area (Å²) in [4.78, 5) is 30.2. The number of para-hydroxylation sites is 2. The summed E-state index contributed by atoms with van der Waals surface area (Å²) in [7, 11) is 1.56. The van der Waals surface area contributed by atoms with E-state index in [1.165, 1.54) is 0 Å². The summed E-state index contributed by atoms with van der Waals surface area (Å²) in [5.74, 6) is 0.215. The van der Waals surface area contributed by atoms with Crippen molar-refractivity contribution in [1.29, 1.82) is 0 Å². The Morgan fingerprint density at radius 2 is 1.82 bits per heavy atom. The number of carboxylic acids is 1. The van der Waals surface area contributed by atoms with Gasteiger partial charge in [-0.15, -0.1) is 0 Å². The molecule has 2 heterocycles. The van der Waals surface area contributed by atoms with Gasteiger partial charge in [-0.2, -0.15) is 0 Å². The molecule has 3 N–H and O–H groups in total. The molecule has 2 aliphatic rings. The maximum Gasteiger partial charge on any atom is 0.308 e. The number of carbonyl (C=O) groups is 2. The number of fused-ring (bicyclic) bond motifs is 1. The van der Waals surface area contributed by atoms with Crippen LogP contribution in [0.3, 0.4) is 0 Å². The van der Waals surface area contributed by atoms with Crippen LogP contribution < -0.4 is 24.7 Å². The highest BCUT2D eigenvalue weighted by atomic mass is 16.7. The van der Waals surface area contributed by atoms with Gasteiger partial charge in [0.1, 0.15) is 6.61 Å².